The van der Waals surface area contributed by atoms with Gasteiger partial charge in [-0.2, -0.15) is 0 Å². The van der Waals surface area contributed by atoms with Crippen LogP contribution in [0.5, 0.6) is 0 Å². The molecule has 0 saturated carbocycles. The Hall–Kier alpha value is -1.94. The number of nitrogens with zero attached hydrogens (tertiary/aromatic N) is 2. The summed E-state index contributed by atoms with van der Waals surface area (Å²) in [6, 6.07) is 9.92. The SMILES string of the molecule is CNCC1CCCN(C(=O)c2cc(C)c3ccccc3n2)C1. The number of pyridine rings is 1. The summed E-state index contributed by atoms with van der Waals surface area (Å²) in [4.78, 5) is 19.3. The number of aromatic nitrogens is 1. The number of fused-ring (bicyclic) bond motifs is 1. The number of hydrogen-bond donors (Lipinski definition) is 1. The quantitative estimate of drug-likeness (QED) is 0.947. The highest BCUT2D eigenvalue weighted by Gasteiger charge is 2.25. The number of rotatable bonds is 3. The first-order valence-electron chi connectivity index (χ1n) is 7.99. The van der Waals surface area contributed by atoms with Crippen molar-refractivity contribution in [2.75, 3.05) is 26.7 Å². The molecule has 2 heterocycles. The van der Waals surface area contributed by atoms with Crippen LogP contribution in [0.3, 0.4) is 0 Å². The number of piperidine rings is 1. The first-order valence-corrected chi connectivity index (χ1v) is 7.99. The van der Waals surface area contributed by atoms with Crippen LogP contribution in [-0.2, 0) is 0 Å². The second-order valence-corrected chi connectivity index (χ2v) is 6.16. The first-order chi connectivity index (χ1) is 10.7. The average molecular weight is 297 g/mol. The first kappa shape index (κ1) is 15.0. The van der Waals surface area contributed by atoms with E-state index in [0.29, 0.717) is 11.6 Å². The fourth-order valence-corrected chi connectivity index (χ4v) is 3.33. The molecule has 3 rings (SSSR count). The predicted octanol–water partition coefficient (Wildman–Crippen LogP) is 2.61. The number of aryl methyl sites for hydroxylation is 1. The molecule has 1 amide bonds. The molecule has 1 atom stereocenters. The second kappa shape index (κ2) is 6.44. The van der Waals surface area contributed by atoms with Crippen LogP contribution in [0.2, 0.25) is 0 Å². The van der Waals surface area contributed by atoms with Crippen LogP contribution in [0.25, 0.3) is 10.9 Å². The predicted molar refractivity (Wildman–Crippen MR) is 89.0 cm³/mol. The molecular formula is C18H23N3O. The van der Waals surface area contributed by atoms with E-state index in [-0.39, 0.29) is 5.91 Å². The number of nitrogens with one attached hydrogen (secondary N) is 1. The molecule has 2 aromatic rings. The fourth-order valence-electron chi connectivity index (χ4n) is 3.33. The molecule has 4 nitrogen and oxygen atoms in total. The minimum atomic E-state index is 0.0645. The Morgan fingerprint density at radius 3 is 3.05 bits per heavy atom. The molecule has 0 aliphatic carbocycles. The highest BCUT2D eigenvalue weighted by molar-refractivity contribution is 5.96. The summed E-state index contributed by atoms with van der Waals surface area (Å²) in [6.45, 7) is 4.68. The summed E-state index contributed by atoms with van der Waals surface area (Å²) in [5, 5.41) is 4.33. The zero-order chi connectivity index (χ0) is 15.5. The van der Waals surface area contributed by atoms with Crippen molar-refractivity contribution < 1.29 is 4.79 Å². The van der Waals surface area contributed by atoms with Crippen LogP contribution >= 0.6 is 0 Å². The van der Waals surface area contributed by atoms with Crippen molar-refractivity contribution >= 4 is 16.8 Å². The highest BCUT2D eigenvalue weighted by Crippen LogP contribution is 2.21. The third-order valence-corrected chi connectivity index (χ3v) is 4.44. The van der Waals surface area contributed by atoms with E-state index in [2.05, 4.69) is 16.4 Å². The van der Waals surface area contributed by atoms with Crippen molar-refractivity contribution in [3.8, 4) is 0 Å². The maximum atomic E-state index is 12.8. The third-order valence-electron chi connectivity index (χ3n) is 4.44. The van der Waals surface area contributed by atoms with Gasteiger partial charge in [0.1, 0.15) is 5.69 Å². The van der Waals surface area contributed by atoms with Gasteiger partial charge in [-0.15, -0.1) is 0 Å². The topological polar surface area (TPSA) is 45.2 Å². The molecule has 1 saturated heterocycles. The Labute approximate surface area is 131 Å². The average Bonchev–Trinajstić information content (AvgIpc) is 2.55. The van der Waals surface area contributed by atoms with E-state index in [1.807, 2.05) is 43.1 Å². The summed E-state index contributed by atoms with van der Waals surface area (Å²) in [6.07, 6.45) is 2.26. The molecule has 1 aromatic heterocycles. The smallest absolute Gasteiger partial charge is 0.272 e. The lowest BCUT2D eigenvalue weighted by molar-refractivity contribution is 0.0668. The zero-order valence-corrected chi connectivity index (χ0v) is 13.3. The number of carbonyl (C=O) groups excluding carboxylic acids is 1. The monoisotopic (exact) mass is 297 g/mol. The fraction of sp³-hybridized carbons (Fsp3) is 0.444. The number of para-hydroxylation sites is 1. The maximum absolute atomic E-state index is 12.8. The molecular weight excluding hydrogens is 274 g/mol. The largest absolute Gasteiger partial charge is 0.337 e. The number of carbonyl (C=O) groups is 1. The number of likely N-dealkylation sites (tertiary alicyclic amines) is 1. The molecule has 22 heavy (non-hydrogen) atoms. The molecule has 0 radical (unpaired) electrons. The summed E-state index contributed by atoms with van der Waals surface area (Å²) in [7, 11) is 1.97. The molecule has 1 fully saturated rings. The van der Waals surface area contributed by atoms with Gasteiger partial charge in [0.15, 0.2) is 0 Å². The molecule has 1 aliphatic heterocycles. The van der Waals surface area contributed by atoms with E-state index in [4.69, 9.17) is 0 Å². The Kier molecular flexibility index (Phi) is 4.39. The summed E-state index contributed by atoms with van der Waals surface area (Å²) < 4.78 is 0. The minimum Gasteiger partial charge on any atom is -0.337 e. The van der Waals surface area contributed by atoms with Crippen molar-refractivity contribution in [2.24, 2.45) is 5.92 Å². The summed E-state index contributed by atoms with van der Waals surface area (Å²) in [5.41, 5.74) is 2.58. The van der Waals surface area contributed by atoms with E-state index in [9.17, 15) is 4.79 Å². The van der Waals surface area contributed by atoms with E-state index in [1.165, 1.54) is 6.42 Å². The normalized spacial score (nSPS) is 18.6. The standard InChI is InChI=1S/C18H23N3O/c1-13-10-17(20-16-8-4-3-7-15(13)16)18(22)21-9-5-6-14(12-21)11-19-2/h3-4,7-8,10,14,19H,5-6,9,11-12H2,1-2H3. The lowest BCUT2D eigenvalue weighted by Crippen LogP contribution is -2.42. The maximum Gasteiger partial charge on any atom is 0.272 e. The van der Waals surface area contributed by atoms with Gasteiger partial charge in [0.2, 0.25) is 0 Å². The number of hydrogen-bond acceptors (Lipinski definition) is 3. The van der Waals surface area contributed by atoms with Crippen LogP contribution < -0.4 is 5.32 Å². The Morgan fingerprint density at radius 2 is 2.23 bits per heavy atom. The van der Waals surface area contributed by atoms with Crippen LogP contribution in [0.15, 0.2) is 30.3 Å². The molecule has 116 valence electrons. The third kappa shape index (κ3) is 2.97. The van der Waals surface area contributed by atoms with Crippen molar-refractivity contribution in [1.82, 2.24) is 15.2 Å². The second-order valence-electron chi connectivity index (χ2n) is 6.16. The Morgan fingerprint density at radius 1 is 1.41 bits per heavy atom. The minimum absolute atomic E-state index is 0.0645. The van der Waals surface area contributed by atoms with Gasteiger partial charge in [-0.25, -0.2) is 4.98 Å². The van der Waals surface area contributed by atoms with Crippen molar-refractivity contribution in [1.29, 1.82) is 0 Å². The molecule has 4 heteroatoms. The molecule has 0 bridgehead atoms. The van der Waals surface area contributed by atoms with Gasteiger partial charge in [0, 0.05) is 18.5 Å². The van der Waals surface area contributed by atoms with Gasteiger partial charge >= 0.3 is 0 Å². The van der Waals surface area contributed by atoms with Gasteiger partial charge < -0.3 is 10.2 Å². The van der Waals surface area contributed by atoms with Gasteiger partial charge in [0.25, 0.3) is 5.91 Å². The Balaban J connectivity index is 1.85. The van der Waals surface area contributed by atoms with Crippen molar-refractivity contribution in [3.05, 3.63) is 41.6 Å². The van der Waals surface area contributed by atoms with Gasteiger partial charge in [-0.1, -0.05) is 18.2 Å². The van der Waals surface area contributed by atoms with E-state index >= 15 is 0 Å². The molecule has 1 unspecified atom stereocenters. The van der Waals surface area contributed by atoms with Gasteiger partial charge in [-0.3, -0.25) is 4.79 Å². The van der Waals surface area contributed by atoms with Crippen molar-refractivity contribution in [3.63, 3.8) is 0 Å². The van der Waals surface area contributed by atoms with Crippen LogP contribution in [-0.4, -0.2) is 42.5 Å². The zero-order valence-electron chi connectivity index (χ0n) is 13.3. The molecule has 1 N–H and O–H groups in total. The summed E-state index contributed by atoms with van der Waals surface area (Å²) in [5.74, 6) is 0.610. The lowest BCUT2D eigenvalue weighted by Gasteiger charge is -2.32. The Bertz CT molecular complexity index is 681. The van der Waals surface area contributed by atoms with Gasteiger partial charge in [0.05, 0.1) is 5.52 Å². The number of amides is 1. The van der Waals surface area contributed by atoms with Crippen LogP contribution in [0, 0.1) is 12.8 Å². The van der Waals surface area contributed by atoms with Gasteiger partial charge in [-0.05, 0) is 57.0 Å². The lowest BCUT2D eigenvalue weighted by atomic mass is 9.97. The van der Waals surface area contributed by atoms with E-state index < -0.39 is 0 Å². The van der Waals surface area contributed by atoms with Crippen molar-refractivity contribution in [2.45, 2.75) is 19.8 Å². The summed E-state index contributed by atoms with van der Waals surface area (Å²) >= 11 is 0. The molecule has 1 aliphatic rings. The van der Waals surface area contributed by atoms with E-state index in [0.717, 1.165) is 42.5 Å². The highest BCUT2D eigenvalue weighted by atomic mass is 16.2. The molecule has 0 spiro atoms. The van der Waals surface area contributed by atoms with Crippen LogP contribution in [0.4, 0.5) is 0 Å². The van der Waals surface area contributed by atoms with E-state index in [1.54, 1.807) is 0 Å². The number of benzene rings is 1. The molecule has 1 aromatic carbocycles. The van der Waals surface area contributed by atoms with Crippen LogP contribution in [0.1, 0.15) is 28.9 Å².